The Hall–Kier alpha value is -2.94. The van der Waals surface area contributed by atoms with Crippen molar-refractivity contribution in [3.05, 3.63) is 100 Å². The fourth-order valence-electron chi connectivity index (χ4n) is 4.18. The summed E-state index contributed by atoms with van der Waals surface area (Å²) < 4.78 is 72.3. The number of alkyl halides is 3. The maximum absolute atomic E-state index is 13.1. The van der Waals surface area contributed by atoms with E-state index in [-0.39, 0.29) is 30.2 Å². The lowest BCUT2D eigenvalue weighted by molar-refractivity contribution is -0.137. The Morgan fingerprint density at radius 1 is 0.974 bits per heavy atom. The van der Waals surface area contributed by atoms with E-state index in [0.717, 1.165) is 17.7 Å². The fourth-order valence-corrected chi connectivity index (χ4v) is 5.78. The van der Waals surface area contributed by atoms with Gasteiger partial charge in [0.15, 0.2) is 0 Å². The van der Waals surface area contributed by atoms with Gasteiger partial charge in [-0.25, -0.2) is 8.42 Å². The molecule has 1 unspecified atom stereocenters. The van der Waals surface area contributed by atoms with E-state index in [0.29, 0.717) is 30.2 Å². The van der Waals surface area contributed by atoms with Crippen molar-refractivity contribution in [3.63, 3.8) is 0 Å². The van der Waals surface area contributed by atoms with Crippen LogP contribution in [0.25, 0.3) is 0 Å². The lowest BCUT2D eigenvalue weighted by atomic mass is 10.1. The summed E-state index contributed by atoms with van der Waals surface area (Å²) in [7, 11) is -3.73. The van der Waals surface area contributed by atoms with Gasteiger partial charge in [-0.3, -0.25) is 4.90 Å². The van der Waals surface area contributed by atoms with Gasteiger partial charge >= 0.3 is 6.18 Å². The molecule has 1 aliphatic heterocycles. The molecule has 11 heteroatoms. The number of benzene rings is 3. The Morgan fingerprint density at radius 2 is 1.63 bits per heavy atom. The summed E-state index contributed by atoms with van der Waals surface area (Å²) in [5, 5.41) is 9.66. The van der Waals surface area contributed by atoms with Crippen LogP contribution in [0.1, 0.15) is 28.4 Å². The van der Waals surface area contributed by atoms with Gasteiger partial charge in [0.25, 0.3) is 0 Å². The van der Waals surface area contributed by atoms with Crippen molar-refractivity contribution < 1.29 is 26.3 Å². The molecule has 1 atom stereocenters. The maximum Gasteiger partial charge on any atom is 0.416 e. The second-order valence-electron chi connectivity index (χ2n) is 8.89. The number of rotatable bonds is 8. The first-order valence-electron chi connectivity index (χ1n) is 11.8. The molecule has 38 heavy (non-hydrogen) atoms. The highest BCUT2D eigenvalue weighted by atomic mass is 35.5. The summed E-state index contributed by atoms with van der Waals surface area (Å²) in [6.45, 7) is 2.03. The molecule has 1 fully saturated rings. The number of nitriles is 1. The van der Waals surface area contributed by atoms with Gasteiger partial charge in [0, 0.05) is 37.7 Å². The van der Waals surface area contributed by atoms with Crippen LogP contribution in [0.5, 0.6) is 0 Å². The molecular formula is C27H25ClF3N3O3S. The number of sulfonamides is 1. The molecular weight excluding hydrogens is 539 g/mol. The topological polar surface area (TPSA) is 73.6 Å². The zero-order chi connectivity index (χ0) is 27.3. The largest absolute Gasteiger partial charge is 0.416 e. The predicted octanol–water partition coefficient (Wildman–Crippen LogP) is 5.49. The van der Waals surface area contributed by atoms with E-state index in [1.54, 1.807) is 24.3 Å². The quantitative estimate of drug-likeness (QED) is 0.362. The Labute approximate surface area is 224 Å². The van der Waals surface area contributed by atoms with Crippen LogP contribution in [0.4, 0.5) is 13.2 Å². The standard InChI is InChI=1S/C27H25ClF3N3O3S/c28-24-10-6-22(7-11-24)26(37-19-20-4-8-23(9-5-20)27(29,30)31)18-33-12-14-34(15-13-33)38(35,36)25-3-1-2-21(16-25)17-32/h1-11,16,26H,12-15,18-19H2. The number of nitrogens with zero attached hydrogens (tertiary/aromatic N) is 3. The number of ether oxygens (including phenoxy) is 1. The summed E-state index contributed by atoms with van der Waals surface area (Å²) in [5.41, 5.74) is 1.01. The average Bonchev–Trinajstić information content (AvgIpc) is 2.91. The number of halogens is 4. The van der Waals surface area contributed by atoms with E-state index in [4.69, 9.17) is 21.6 Å². The monoisotopic (exact) mass is 563 g/mol. The van der Waals surface area contributed by atoms with E-state index >= 15 is 0 Å². The van der Waals surface area contributed by atoms with E-state index < -0.39 is 27.9 Å². The van der Waals surface area contributed by atoms with Crippen molar-refractivity contribution in [1.29, 1.82) is 5.26 Å². The molecule has 200 valence electrons. The first kappa shape index (κ1) is 28.1. The summed E-state index contributed by atoms with van der Waals surface area (Å²) >= 11 is 6.04. The third-order valence-corrected chi connectivity index (χ3v) is 8.48. The molecule has 3 aromatic rings. The molecule has 4 rings (SSSR count). The molecule has 6 nitrogen and oxygen atoms in total. The van der Waals surface area contributed by atoms with E-state index in [9.17, 15) is 21.6 Å². The van der Waals surface area contributed by atoms with Crippen molar-refractivity contribution >= 4 is 21.6 Å². The van der Waals surface area contributed by atoms with Gasteiger partial charge in [-0.2, -0.15) is 22.7 Å². The second kappa shape index (κ2) is 11.8. The minimum atomic E-state index is -4.40. The molecule has 1 saturated heterocycles. The smallest absolute Gasteiger partial charge is 0.368 e. The molecule has 0 aliphatic carbocycles. The molecule has 1 aliphatic rings. The lowest BCUT2D eigenvalue weighted by Crippen LogP contribution is -2.49. The summed E-state index contributed by atoms with van der Waals surface area (Å²) in [5.74, 6) is 0. The average molecular weight is 564 g/mol. The Bertz CT molecular complexity index is 1380. The van der Waals surface area contributed by atoms with Gasteiger partial charge in [-0.15, -0.1) is 0 Å². The third-order valence-electron chi connectivity index (χ3n) is 6.33. The molecule has 0 aromatic heterocycles. The zero-order valence-corrected chi connectivity index (χ0v) is 21.8. The lowest BCUT2D eigenvalue weighted by Gasteiger charge is -2.36. The highest BCUT2D eigenvalue weighted by molar-refractivity contribution is 7.89. The second-order valence-corrected chi connectivity index (χ2v) is 11.3. The van der Waals surface area contributed by atoms with Crippen LogP contribution < -0.4 is 0 Å². The highest BCUT2D eigenvalue weighted by Gasteiger charge is 2.31. The maximum atomic E-state index is 13.1. The van der Waals surface area contributed by atoms with Gasteiger partial charge < -0.3 is 4.74 Å². The molecule has 0 bridgehead atoms. The first-order valence-corrected chi connectivity index (χ1v) is 13.6. The van der Waals surface area contributed by atoms with Crippen molar-refractivity contribution in [2.75, 3.05) is 32.7 Å². The Morgan fingerprint density at radius 3 is 2.24 bits per heavy atom. The summed E-state index contributed by atoms with van der Waals surface area (Å²) in [6, 6.07) is 19.9. The van der Waals surface area contributed by atoms with E-state index in [2.05, 4.69) is 4.90 Å². The third kappa shape index (κ3) is 6.92. The van der Waals surface area contributed by atoms with E-state index in [1.807, 2.05) is 18.2 Å². The van der Waals surface area contributed by atoms with Gasteiger partial charge in [-0.1, -0.05) is 41.9 Å². The Balaban J connectivity index is 1.42. The van der Waals surface area contributed by atoms with Gasteiger partial charge in [0.1, 0.15) is 0 Å². The number of hydrogen-bond acceptors (Lipinski definition) is 5. The van der Waals surface area contributed by atoms with Crippen LogP contribution >= 0.6 is 11.6 Å². The van der Waals surface area contributed by atoms with Crippen LogP contribution in [0, 0.1) is 11.3 Å². The highest BCUT2D eigenvalue weighted by Crippen LogP contribution is 2.30. The SMILES string of the molecule is N#Cc1cccc(S(=O)(=O)N2CCN(CC(OCc3ccc(C(F)(F)F)cc3)c3ccc(Cl)cc3)CC2)c1. The van der Waals surface area contributed by atoms with Crippen LogP contribution in [-0.2, 0) is 27.5 Å². The molecule has 0 spiro atoms. The fraction of sp³-hybridized carbons (Fsp3) is 0.296. The van der Waals surface area contributed by atoms with Crippen molar-refractivity contribution in [2.24, 2.45) is 0 Å². The first-order chi connectivity index (χ1) is 18.1. The minimum absolute atomic E-state index is 0.0870. The van der Waals surface area contributed by atoms with Gasteiger partial charge in [0.2, 0.25) is 10.0 Å². The van der Waals surface area contributed by atoms with Crippen molar-refractivity contribution in [1.82, 2.24) is 9.21 Å². The normalized spacial score (nSPS) is 16.2. The predicted molar refractivity (Wildman–Crippen MR) is 137 cm³/mol. The van der Waals surface area contributed by atoms with Crippen molar-refractivity contribution in [3.8, 4) is 6.07 Å². The zero-order valence-electron chi connectivity index (χ0n) is 20.2. The van der Waals surface area contributed by atoms with Gasteiger partial charge in [0.05, 0.1) is 34.8 Å². The van der Waals surface area contributed by atoms with Crippen molar-refractivity contribution in [2.45, 2.75) is 23.8 Å². The van der Waals surface area contributed by atoms with Crippen LogP contribution in [0.15, 0.2) is 77.7 Å². The molecule has 0 N–H and O–H groups in total. The summed E-state index contributed by atoms with van der Waals surface area (Å²) in [6.07, 6.45) is -4.82. The van der Waals surface area contributed by atoms with Crippen LogP contribution in [-0.4, -0.2) is 50.3 Å². The minimum Gasteiger partial charge on any atom is -0.368 e. The number of piperazine rings is 1. The number of hydrogen-bond donors (Lipinski definition) is 0. The molecule has 0 amide bonds. The molecule has 0 radical (unpaired) electrons. The molecule has 3 aromatic carbocycles. The van der Waals surface area contributed by atoms with Crippen LogP contribution in [0.3, 0.4) is 0 Å². The molecule has 0 saturated carbocycles. The van der Waals surface area contributed by atoms with Gasteiger partial charge in [-0.05, 0) is 53.6 Å². The Kier molecular flexibility index (Phi) is 8.75. The van der Waals surface area contributed by atoms with Crippen LogP contribution in [0.2, 0.25) is 5.02 Å². The summed E-state index contributed by atoms with van der Waals surface area (Å²) in [4.78, 5) is 2.17. The van der Waals surface area contributed by atoms with E-state index in [1.165, 1.54) is 28.6 Å². The molecule has 1 heterocycles.